The standard InChI is InChI=1S/C17H16FN3O2/c1-4-13-15(21-9-12(18)8-19-17(21)20-13)16(22)11-5-6-14(23-3)10(2)7-11/h5-9H,4H2,1-3H3. The van der Waals surface area contributed by atoms with Gasteiger partial charge in [-0.25, -0.2) is 14.4 Å². The molecule has 3 rings (SSSR count). The third-order valence-electron chi connectivity index (χ3n) is 3.73. The van der Waals surface area contributed by atoms with Gasteiger partial charge in [0.1, 0.15) is 11.4 Å². The van der Waals surface area contributed by atoms with E-state index in [2.05, 4.69) is 9.97 Å². The van der Waals surface area contributed by atoms with E-state index in [1.807, 2.05) is 13.8 Å². The molecule has 3 aromatic rings. The van der Waals surface area contributed by atoms with Gasteiger partial charge in [-0.15, -0.1) is 0 Å². The number of aromatic nitrogens is 3. The minimum Gasteiger partial charge on any atom is -0.496 e. The van der Waals surface area contributed by atoms with Crippen LogP contribution in [0.4, 0.5) is 4.39 Å². The molecule has 0 spiro atoms. The first-order valence-corrected chi connectivity index (χ1v) is 7.27. The molecule has 6 heteroatoms. The van der Waals surface area contributed by atoms with Crippen LogP contribution in [-0.2, 0) is 6.42 Å². The summed E-state index contributed by atoms with van der Waals surface area (Å²) in [6.45, 7) is 3.76. The second-order valence-electron chi connectivity index (χ2n) is 5.22. The molecule has 0 radical (unpaired) electrons. The van der Waals surface area contributed by atoms with E-state index in [0.29, 0.717) is 34.9 Å². The summed E-state index contributed by atoms with van der Waals surface area (Å²) in [7, 11) is 1.58. The molecule has 0 saturated carbocycles. The van der Waals surface area contributed by atoms with E-state index < -0.39 is 5.82 Å². The van der Waals surface area contributed by atoms with Gasteiger partial charge < -0.3 is 4.74 Å². The smallest absolute Gasteiger partial charge is 0.234 e. The number of hydrogen-bond acceptors (Lipinski definition) is 4. The van der Waals surface area contributed by atoms with Gasteiger partial charge in [-0.2, -0.15) is 0 Å². The van der Waals surface area contributed by atoms with E-state index >= 15 is 0 Å². The highest BCUT2D eigenvalue weighted by atomic mass is 19.1. The Morgan fingerprint density at radius 2 is 2.17 bits per heavy atom. The van der Waals surface area contributed by atoms with E-state index in [-0.39, 0.29) is 5.78 Å². The van der Waals surface area contributed by atoms with Crippen LogP contribution < -0.4 is 4.74 Å². The molecule has 0 aliphatic rings. The van der Waals surface area contributed by atoms with E-state index in [1.54, 1.807) is 25.3 Å². The van der Waals surface area contributed by atoms with Crippen molar-refractivity contribution in [3.05, 3.63) is 58.9 Å². The van der Waals surface area contributed by atoms with Gasteiger partial charge >= 0.3 is 0 Å². The fourth-order valence-corrected chi connectivity index (χ4v) is 2.60. The molecule has 0 saturated heterocycles. The van der Waals surface area contributed by atoms with Gasteiger partial charge in [-0.1, -0.05) is 6.92 Å². The average molecular weight is 313 g/mol. The van der Waals surface area contributed by atoms with Crippen molar-refractivity contribution in [2.75, 3.05) is 7.11 Å². The summed E-state index contributed by atoms with van der Waals surface area (Å²) >= 11 is 0. The number of benzene rings is 1. The van der Waals surface area contributed by atoms with Crippen molar-refractivity contribution in [2.24, 2.45) is 0 Å². The van der Waals surface area contributed by atoms with Crippen LogP contribution in [0, 0.1) is 12.7 Å². The molecule has 0 fully saturated rings. The van der Waals surface area contributed by atoms with Crippen molar-refractivity contribution in [1.29, 1.82) is 0 Å². The van der Waals surface area contributed by atoms with Crippen molar-refractivity contribution >= 4 is 11.6 Å². The summed E-state index contributed by atoms with van der Waals surface area (Å²) in [4.78, 5) is 21.2. The van der Waals surface area contributed by atoms with Crippen molar-refractivity contribution < 1.29 is 13.9 Å². The minimum absolute atomic E-state index is 0.215. The highest BCUT2D eigenvalue weighted by molar-refractivity contribution is 6.09. The Hall–Kier alpha value is -2.76. The van der Waals surface area contributed by atoms with E-state index in [4.69, 9.17) is 4.74 Å². The number of carbonyl (C=O) groups is 1. The Morgan fingerprint density at radius 1 is 1.39 bits per heavy atom. The highest BCUT2D eigenvalue weighted by Crippen LogP contribution is 2.22. The normalized spacial score (nSPS) is 11.0. The number of halogens is 1. The molecule has 2 heterocycles. The molecule has 0 amide bonds. The van der Waals surface area contributed by atoms with E-state index in [0.717, 1.165) is 11.8 Å². The molecule has 23 heavy (non-hydrogen) atoms. The van der Waals surface area contributed by atoms with Gasteiger partial charge in [0.05, 0.1) is 25.2 Å². The number of carbonyl (C=O) groups excluding carboxylic acids is 1. The molecule has 0 bridgehead atoms. The molecular formula is C17H16FN3O2. The highest BCUT2D eigenvalue weighted by Gasteiger charge is 2.21. The van der Waals surface area contributed by atoms with Crippen molar-refractivity contribution in [3.63, 3.8) is 0 Å². The largest absolute Gasteiger partial charge is 0.496 e. The van der Waals surface area contributed by atoms with Crippen LogP contribution in [0.2, 0.25) is 0 Å². The second kappa shape index (κ2) is 5.79. The number of ether oxygens (including phenoxy) is 1. The molecule has 0 N–H and O–H groups in total. The number of methoxy groups -OCH3 is 1. The fourth-order valence-electron chi connectivity index (χ4n) is 2.60. The zero-order valence-electron chi connectivity index (χ0n) is 13.1. The van der Waals surface area contributed by atoms with E-state index in [9.17, 15) is 9.18 Å². The predicted molar refractivity (Wildman–Crippen MR) is 83.5 cm³/mol. The van der Waals surface area contributed by atoms with Crippen molar-refractivity contribution in [2.45, 2.75) is 20.3 Å². The molecule has 0 aliphatic heterocycles. The lowest BCUT2D eigenvalue weighted by molar-refractivity contribution is 0.103. The Bertz CT molecular complexity index is 902. The first kappa shape index (κ1) is 15.1. The van der Waals surface area contributed by atoms with Gasteiger partial charge in [0.25, 0.3) is 0 Å². The Labute approximate surface area is 132 Å². The maximum absolute atomic E-state index is 13.5. The first-order valence-electron chi connectivity index (χ1n) is 7.27. The Balaban J connectivity index is 2.17. The lowest BCUT2D eigenvalue weighted by Gasteiger charge is -2.08. The molecule has 5 nitrogen and oxygen atoms in total. The van der Waals surface area contributed by atoms with Crippen molar-refractivity contribution in [1.82, 2.24) is 14.4 Å². The zero-order valence-corrected chi connectivity index (χ0v) is 13.1. The van der Waals surface area contributed by atoms with Crippen LogP contribution >= 0.6 is 0 Å². The van der Waals surface area contributed by atoms with Crippen LogP contribution in [0.3, 0.4) is 0 Å². The lowest BCUT2D eigenvalue weighted by atomic mass is 10.0. The summed E-state index contributed by atoms with van der Waals surface area (Å²) in [5.74, 6) is 0.296. The van der Waals surface area contributed by atoms with Crippen LogP contribution in [0.25, 0.3) is 5.78 Å². The molecule has 0 unspecified atom stereocenters. The van der Waals surface area contributed by atoms with Gasteiger partial charge in [-0.3, -0.25) is 9.20 Å². The molecular weight excluding hydrogens is 297 g/mol. The van der Waals surface area contributed by atoms with Gasteiger partial charge in [0.2, 0.25) is 11.6 Å². The Kier molecular flexibility index (Phi) is 3.82. The number of ketones is 1. The lowest BCUT2D eigenvalue weighted by Crippen LogP contribution is -2.09. The fraction of sp³-hybridized carbons (Fsp3) is 0.235. The quantitative estimate of drug-likeness (QED) is 0.695. The SMILES string of the molecule is CCc1nc2ncc(F)cn2c1C(=O)c1ccc(OC)c(C)c1. The third kappa shape index (κ3) is 2.56. The molecule has 2 aromatic heterocycles. The number of aryl methyl sites for hydroxylation is 2. The molecule has 1 aromatic carbocycles. The summed E-state index contributed by atoms with van der Waals surface area (Å²) < 4.78 is 20.1. The summed E-state index contributed by atoms with van der Waals surface area (Å²) in [5.41, 5.74) is 2.30. The average Bonchev–Trinajstić information content (AvgIpc) is 2.91. The number of imidazole rings is 1. The second-order valence-corrected chi connectivity index (χ2v) is 5.22. The zero-order chi connectivity index (χ0) is 16.6. The van der Waals surface area contributed by atoms with Crippen LogP contribution in [0.1, 0.15) is 34.2 Å². The maximum atomic E-state index is 13.5. The van der Waals surface area contributed by atoms with Gasteiger partial charge in [0.15, 0.2) is 5.82 Å². The summed E-state index contributed by atoms with van der Waals surface area (Å²) in [5, 5.41) is 0. The monoisotopic (exact) mass is 313 g/mol. The maximum Gasteiger partial charge on any atom is 0.234 e. The van der Waals surface area contributed by atoms with Gasteiger partial charge in [0, 0.05) is 5.56 Å². The van der Waals surface area contributed by atoms with Crippen LogP contribution in [-0.4, -0.2) is 27.3 Å². The van der Waals surface area contributed by atoms with Crippen molar-refractivity contribution in [3.8, 4) is 5.75 Å². The van der Waals surface area contributed by atoms with Crippen LogP contribution in [0.15, 0.2) is 30.6 Å². The number of nitrogens with zero attached hydrogens (tertiary/aromatic N) is 3. The van der Waals surface area contributed by atoms with Gasteiger partial charge in [-0.05, 0) is 37.1 Å². The molecule has 118 valence electrons. The van der Waals surface area contributed by atoms with E-state index in [1.165, 1.54) is 10.6 Å². The Morgan fingerprint density at radius 3 is 2.83 bits per heavy atom. The topological polar surface area (TPSA) is 56.5 Å². The molecule has 0 atom stereocenters. The predicted octanol–water partition coefficient (Wildman–Crippen LogP) is 2.98. The number of fused-ring (bicyclic) bond motifs is 1. The minimum atomic E-state index is -0.516. The number of hydrogen-bond donors (Lipinski definition) is 0. The first-order chi connectivity index (χ1) is 11.0. The summed E-state index contributed by atoms with van der Waals surface area (Å²) in [6, 6.07) is 5.20. The number of rotatable bonds is 4. The third-order valence-corrected chi connectivity index (χ3v) is 3.73. The van der Waals surface area contributed by atoms with Crippen LogP contribution in [0.5, 0.6) is 5.75 Å². The summed E-state index contributed by atoms with van der Waals surface area (Å²) in [6.07, 6.45) is 2.88. The molecule has 0 aliphatic carbocycles.